The third-order valence-electron chi connectivity index (χ3n) is 22.3. The number of rotatable bonds is 8. The summed E-state index contributed by atoms with van der Waals surface area (Å²) < 4.78 is 0. The van der Waals surface area contributed by atoms with E-state index in [-0.39, 0.29) is 0 Å². The minimum absolute atomic E-state index is 0.630. The molecular weight excluding hydrogens is 1070 g/mol. The Morgan fingerprint density at radius 1 is 0.163 bits per heavy atom. The molecule has 0 amide bonds. The normalized spacial score (nSPS) is 13.3. The van der Waals surface area contributed by atoms with Gasteiger partial charge in [-0.1, -0.05) is 300 Å². The third kappa shape index (κ3) is 7.15. The molecule has 0 spiro atoms. The number of hydrogen-bond acceptors (Lipinski definition) is 0. The molecule has 0 N–H and O–H groups in total. The van der Waals surface area contributed by atoms with Gasteiger partial charge in [0.1, 0.15) is 0 Å². The first-order chi connectivity index (χ1) is 41.6. The van der Waals surface area contributed by atoms with Gasteiger partial charge in [-0.3, -0.25) is 0 Å². The maximum Gasteiger partial charge on any atom is 0.0942 e. The molecule has 0 aliphatic carbocycles. The quantitative estimate of drug-likeness (QED) is 0.105. The molecule has 16 aromatic rings. The molecule has 0 heterocycles. The molecule has 0 saturated carbocycles. The Kier molecular flexibility index (Phi) is 11.9. The van der Waals surface area contributed by atoms with E-state index in [9.17, 15) is 0 Å². The molecule has 0 nitrogen and oxygen atoms in total. The van der Waals surface area contributed by atoms with Crippen LogP contribution in [0.2, 0.25) is 33.2 Å². The fourth-order valence-electron chi connectivity index (χ4n) is 19.2. The summed E-state index contributed by atoms with van der Waals surface area (Å²) >= 11 is 0. The molecular formula is C84H76Si2. The van der Waals surface area contributed by atoms with Crippen LogP contribution in [0.5, 0.6) is 0 Å². The van der Waals surface area contributed by atoms with Crippen molar-refractivity contribution in [1.82, 2.24) is 0 Å². The van der Waals surface area contributed by atoms with Crippen LogP contribution in [0.25, 0.3) is 162 Å². The molecule has 0 aliphatic rings. The average Bonchev–Trinajstić information content (AvgIpc) is 0.744. The van der Waals surface area contributed by atoms with E-state index >= 15 is 0 Å². The predicted octanol–water partition coefficient (Wildman–Crippen LogP) is 24.8. The van der Waals surface area contributed by atoms with Gasteiger partial charge >= 0.3 is 0 Å². The SMILES string of the molecule is CC(C)[Si](c1ccc2c(ccc3ccc4ccc5ccc6ccc7ccc8ccc9ccc%10ccc%11ccc%12ccc%13ccc%14ccc%15ccc%16cc([Si](C(C)C)(C(C)C)C(C)C)ccc%16c%15c%14c%13c%12c%11c%10c9c8c7c6c5c4c32)c1)(C(C)C)C(C)C. The van der Waals surface area contributed by atoms with Crippen molar-refractivity contribution in [3.63, 3.8) is 0 Å². The molecule has 0 atom stereocenters. The number of hydrogen-bond donors (Lipinski definition) is 0. The van der Waals surface area contributed by atoms with Crippen molar-refractivity contribution in [2.24, 2.45) is 0 Å². The fourth-order valence-corrected chi connectivity index (χ4v) is 32.8. The number of fused-ring (bicyclic) bond motifs is 29. The Bertz CT molecular complexity index is 5180. The van der Waals surface area contributed by atoms with Crippen LogP contribution in [0, 0.1) is 0 Å². The zero-order valence-electron chi connectivity index (χ0n) is 52.1. The summed E-state index contributed by atoms with van der Waals surface area (Å²) in [5.41, 5.74) is 3.78. The molecule has 0 fully saturated rings. The van der Waals surface area contributed by atoms with Crippen LogP contribution < -0.4 is 10.4 Å². The van der Waals surface area contributed by atoms with Crippen molar-refractivity contribution in [2.75, 3.05) is 0 Å². The Labute approximate surface area is 507 Å². The summed E-state index contributed by atoms with van der Waals surface area (Å²) in [5.74, 6) is 0. The lowest BCUT2D eigenvalue weighted by molar-refractivity contribution is 0.835. The van der Waals surface area contributed by atoms with Gasteiger partial charge in [0.05, 0.1) is 16.1 Å². The van der Waals surface area contributed by atoms with Crippen molar-refractivity contribution in [2.45, 2.75) is 116 Å². The second-order valence-corrected chi connectivity index (χ2v) is 39.7. The van der Waals surface area contributed by atoms with Crippen molar-refractivity contribution < 1.29 is 0 Å². The standard InChI is InChI=1S/C84H76Si2/c1-47(2)85(48(3)4,49(5)6)68-41-43-70-66(45-68)39-37-53-13-15-55-17-19-57-21-23-59-25-27-61-29-31-63-33-35-65-36-34-64-32-30-62-28-26-60-24-22-58-20-18-56-16-14-54-38-40-67-46-69(86(50(7)8,51(9)10)52(11)12)42-44-71(67)73(54)75(56)77(58)79(60)81(62)83(64)84(65)82(63)80(61)78(59)76(57)74(55)72(53)70/h13-52H,1-12H3. The average molecular weight is 1140 g/mol. The van der Waals surface area contributed by atoms with E-state index in [0.717, 1.165) is 0 Å². The van der Waals surface area contributed by atoms with E-state index in [4.69, 9.17) is 0 Å². The van der Waals surface area contributed by atoms with Crippen LogP contribution in [0.1, 0.15) is 83.1 Å². The van der Waals surface area contributed by atoms with Gasteiger partial charge in [-0.25, -0.2) is 0 Å². The molecule has 16 rings (SSSR count). The van der Waals surface area contributed by atoms with Gasteiger partial charge in [0.2, 0.25) is 0 Å². The van der Waals surface area contributed by atoms with Crippen molar-refractivity contribution in [3.8, 4) is 0 Å². The van der Waals surface area contributed by atoms with Crippen LogP contribution in [0.3, 0.4) is 0 Å². The lowest BCUT2D eigenvalue weighted by atomic mass is 9.84. The second kappa shape index (κ2) is 19.2. The van der Waals surface area contributed by atoms with Crippen LogP contribution >= 0.6 is 0 Å². The van der Waals surface area contributed by atoms with Crippen molar-refractivity contribution in [3.05, 3.63) is 206 Å². The maximum absolute atomic E-state index is 2.61. The second-order valence-electron chi connectivity index (χ2n) is 27.9. The van der Waals surface area contributed by atoms with E-state index in [0.29, 0.717) is 33.2 Å². The largest absolute Gasteiger partial charge is 0.0942 e. The van der Waals surface area contributed by atoms with E-state index in [1.54, 1.807) is 10.4 Å². The fraction of sp³-hybridized carbons (Fsp3) is 0.214. The minimum atomic E-state index is -1.92. The predicted molar refractivity (Wildman–Crippen MR) is 390 cm³/mol. The summed E-state index contributed by atoms with van der Waals surface area (Å²) in [7, 11) is -3.83. The Morgan fingerprint density at radius 2 is 0.302 bits per heavy atom. The topological polar surface area (TPSA) is 0 Å². The highest BCUT2D eigenvalue weighted by atomic mass is 28.3. The molecule has 86 heavy (non-hydrogen) atoms. The molecule has 420 valence electrons. The Morgan fingerprint density at radius 3 is 0.465 bits per heavy atom. The first-order valence-electron chi connectivity index (χ1n) is 32.1. The van der Waals surface area contributed by atoms with Gasteiger partial charge in [0.15, 0.2) is 0 Å². The lowest BCUT2D eigenvalue weighted by Gasteiger charge is -2.43. The first kappa shape index (κ1) is 53.3. The Hall–Kier alpha value is -8.15. The molecule has 16 aromatic carbocycles. The van der Waals surface area contributed by atoms with Crippen molar-refractivity contribution >= 4 is 188 Å². The highest BCUT2D eigenvalue weighted by molar-refractivity contribution is 6.95. The molecule has 0 saturated heterocycles. The smallest absolute Gasteiger partial charge is 0.0648 e. The maximum atomic E-state index is 2.61. The molecule has 0 aliphatic heterocycles. The van der Waals surface area contributed by atoms with Crippen LogP contribution in [0.4, 0.5) is 0 Å². The summed E-state index contributed by atoms with van der Waals surface area (Å²) in [5, 5.41) is 42.6. The van der Waals surface area contributed by atoms with Gasteiger partial charge in [-0.05, 0) is 195 Å². The highest BCUT2D eigenvalue weighted by Crippen LogP contribution is 2.50. The van der Waals surface area contributed by atoms with Gasteiger partial charge < -0.3 is 0 Å². The highest BCUT2D eigenvalue weighted by Gasteiger charge is 2.45. The van der Waals surface area contributed by atoms with Crippen LogP contribution in [-0.2, 0) is 0 Å². The molecule has 2 heteroatoms. The van der Waals surface area contributed by atoms with Gasteiger partial charge in [-0.15, -0.1) is 0 Å². The minimum Gasteiger partial charge on any atom is -0.0648 e. The molecule has 0 bridgehead atoms. The van der Waals surface area contributed by atoms with Crippen LogP contribution in [0.15, 0.2) is 206 Å². The van der Waals surface area contributed by atoms with Crippen molar-refractivity contribution in [1.29, 1.82) is 0 Å². The summed E-state index contributed by atoms with van der Waals surface area (Å²) in [6.45, 7) is 29.9. The molecule has 0 radical (unpaired) electrons. The van der Waals surface area contributed by atoms with E-state index < -0.39 is 16.1 Å². The van der Waals surface area contributed by atoms with Crippen LogP contribution in [-0.4, -0.2) is 16.1 Å². The third-order valence-corrected chi connectivity index (χ3v) is 36.4. The zero-order valence-corrected chi connectivity index (χ0v) is 54.1. The zero-order chi connectivity index (χ0) is 59.0. The van der Waals surface area contributed by atoms with Gasteiger partial charge in [0.25, 0.3) is 0 Å². The van der Waals surface area contributed by atoms with E-state index in [2.05, 4.69) is 289 Å². The number of benzene rings is 16. The first-order valence-corrected chi connectivity index (χ1v) is 36.6. The van der Waals surface area contributed by atoms with E-state index in [1.165, 1.54) is 162 Å². The molecule has 0 aromatic heterocycles. The monoisotopic (exact) mass is 1140 g/mol. The van der Waals surface area contributed by atoms with E-state index in [1.807, 2.05) is 0 Å². The summed E-state index contributed by atoms with van der Waals surface area (Å²) in [6, 6.07) is 82.3. The Balaban J connectivity index is 1.07. The summed E-state index contributed by atoms with van der Waals surface area (Å²) in [6.07, 6.45) is 0. The van der Waals surface area contributed by atoms with Gasteiger partial charge in [-0.2, -0.15) is 0 Å². The summed E-state index contributed by atoms with van der Waals surface area (Å²) in [4.78, 5) is 0. The molecule has 0 unspecified atom stereocenters. The van der Waals surface area contributed by atoms with Gasteiger partial charge in [0, 0.05) is 0 Å². The lowest BCUT2D eigenvalue weighted by Crippen LogP contribution is -2.55.